The van der Waals surface area contributed by atoms with Gasteiger partial charge >= 0.3 is 5.97 Å². The van der Waals surface area contributed by atoms with Crippen molar-refractivity contribution < 1.29 is 19.1 Å². The smallest absolute Gasteiger partial charge is 0.338 e. The van der Waals surface area contributed by atoms with Crippen LogP contribution in [0, 0.1) is 13.8 Å². The van der Waals surface area contributed by atoms with Crippen molar-refractivity contribution in [2.75, 3.05) is 12.4 Å². The highest BCUT2D eigenvalue weighted by molar-refractivity contribution is 6.32. The third kappa shape index (κ3) is 5.93. The van der Waals surface area contributed by atoms with Gasteiger partial charge in [0, 0.05) is 16.8 Å². The second-order valence-corrected chi connectivity index (χ2v) is 8.76. The molecule has 3 aromatic carbocycles. The van der Waals surface area contributed by atoms with Crippen molar-refractivity contribution >= 4 is 29.2 Å². The maximum Gasteiger partial charge on any atom is 0.338 e. The Kier molecular flexibility index (Phi) is 7.71. The Balaban J connectivity index is 1.35. The normalized spacial score (nSPS) is 10.7. The number of hydrogen-bond donors (Lipinski definition) is 1. The molecule has 7 nitrogen and oxygen atoms in total. The first-order valence-corrected chi connectivity index (χ1v) is 11.7. The average Bonchev–Trinajstić information content (AvgIpc) is 3.32. The van der Waals surface area contributed by atoms with Gasteiger partial charge in [-0.15, -0.1) is 0 Å². The zero-order chi connectivity index (χ0) is 25.7. The van der Waals surface area contributed by atoms with E-state index in [2.05, 4.69) is 10.4 Å². The number of amides is 1. The molecule has 1 heterocycles. The Bertz CT molecular complexity index is 1370. The number of nitrogens with one attached hydrogen (secondary N) is 1. The predicted molar refractivity (Wildman–Crippen MR) is 139 cm³/mol. The quantitative estimate of drug-likeness (QED) is 0.306. The summed E-state index contributed by atoms with van der Waals surface area (Å²) < 4.78 is 12.4. The van der Waals surface area contributed by atoms with Crippen molar-refractivity contribution in [3.05, 3.63) is 111 Å². The van der Waals surface area contributed by atoms with E-state index in [0.717, 1.165) is 33.0 Å². The number of ether oxygens (including phenoxy) is 2. The number of carbonyl (C=O) groups is 2. The summed E-state index contributed by atoms with van der Waals surface area (Å²) in [4.78, 5) is 24.7. The summed E-state index contributed by atoms with van der Waals surface area (Å²) in [5.74, 6) is 0.0990. The van der Waals surface area contributed by atoms with Gasteiger partial charge in [-0.2, -0.15) is 5.10 Å². The van der Waals surface area contributed by atoms with E-state index in [1.165, 1.54) is 7.11 Å². The molecule has 0 radical (unpaired) electrons. The zero-order valence-corrected chi connectivity index (χ0v) is 21.0. The monoisotopic (exact) mass is 503 g/mol. The van der Waals surface area contributed by atoms with Crippen LogP contribution in [0.5, 0.6) is 5.75 Å². The highest BCUT2D eigenvalue weighted by Crippen LogP contribution is 2.26. The third-order valence-corrected chi connectivity index (χ3v) is 6.27. The minimum atomic E-state index is -0.404. The highest BCUT2D eigenvalue weighted by atomic mass is 35.5. The van der Waals surface area contributed by atoms with Crippen LogP contribution in [0.4, 0.5) is 5.69 Å². The number of rotatable bonds is 8. The van der Waals surface area contributed by atoms with E-state index in [1.54, 1.807) is 41.3 Å². The van der Waals surface area contributed by atoms with Gasteiger partial charge in [0.2, 0.25) is 0 Å². The van der Waals surface area contributed by atoms with Crippen molar-refractivity contribution in [3.63, 3.8) is 0 Å². The van der Waals surface area contributed by atoms with Crippen molar-refractivity contribution in [3.8, 4) is 5.75 Å². The molecule has 0 aliphatic rings. The molecule has 0 aliphatic heterocycles. The van der Waals surface area contributed by atoms with E-state index in [-0.39, 0.29) is 5.91 Å². The van der Waals surface area contributed by atoms with E-state index in [1.807, 2.05) is 50.2 Å². The molecule has 1 amide bonds. The molecule has 0 spiro atoms. The maximum absolute atomic E-state index is 12.7. The average molecular weight is 504 g/mol. The van der Waals surface area contributed by atoms with Crippen LogP contribution in [0.25, 0.3) is 0 Å². The molecule has 1 aromatic heterocycles. The summed E-state index contributed by atoms with van der Waals surface area (Å²) in [6.45, 7) is 4.63. The molecular weight excluding hydrogens is 478 g/mol. The SMILES string of the molecule is COC(=O)c1ccccc1Cn1cc(NC(=O)c2ccc(COc3cc(C)c(Cl)c(C)c3)cc2)cn1. The Labute approximate surface area is 214 Å². The fourth-order valence-electron chi connectivity index (χ4n) is 3.77. The fraction of sp³-hybridized carbons (Fsp3) is 0.179. The van der Waals surface area contributed by atoms with E-state index in [0.29, 0.717) is 30.0 Å². The molecule has 4 rings (SSSR count). The Morgan fingerprint density at radius 1 is 1.03 bits per heavy atom. The molecule has 1 N–H and O–H groups in total. The van der Waals surface area contributed by atoms with Gasteiger partial charge in [-0.1, -0.05) is 41.9 Å². The molecule has 0 saturated carbocycles. The van der Waals surface area contributed by atoms with Crippen LogP contribution in [0.1, 0.15) is 43.0 Å². The van der Waals surface area contributed by atoms with E-state index >= 15 is 0 Å². The first-order valence-electron chi connectivity index (χ1n) is 11.3. The lowest BCUT2D eigenvalue weighted by Crippen LogP contribution is -2.12. The minimum Gasteiger partial charge on any atom is -0.489 e. The number of carbonyl (C=O) groups excluding carboxylic acids is 2. The summed E-state index contributed by atoms with van der Waals surface area (Å²) in [6, 6.07) is 18.2. The molecule has 0 aliphatic carbocycles. The van der Waals surface area contributed by atoms with Crippen LogP contribution in [0.15, 0.2) is 73.1 Å². The molecular formula is C28H26ClN3O4. The number of nitrogens with zero attached hydrogens (tertiary/aromatic N) is 2. The summed E-state index contributed by atoms with van der Waals surface area (Å²) >= 11 is 6.22. The van der Waals surface area contributed by atoms with Crippen LogP contribution < -0.4 is 10.1 Å². The van der Waals surface area contributed by atoms with Gasteiger partial charge in [0.05, 0.1) is 31.1 Å². The molecule has 8 heteroatoms. The highest BCUT2D eigenvalue weighted by Gasteiger charge is 2.13. The van der Waals surface area contributed by atoms with Crippen molar-refractivity contribution in [1.29, 1.82) is 0 Å². The molecule has 0 bridgehead atoms. The van der Waals surface area contributed by atoms with Crippen LogP contribution in [0.2, 0.25) is 5.02 Å². The second kappa shape index (κ2) is 11.1. The lowest BCUT2D eigenvalue weighted by Gasteiger charge is -2.10. The van der Waals surface area contributed by atoms with Gasteiger partial charge in [-0.3, -0.25) is 9.48 Å². The molecule has 0 saturated heterocycles. The van der Waals surface area contributed by atoms with Crippen molar-refractivity contribution in [2.24, 2.45) is 0 Å². The van der Waals surface area contributed by atoms with E-state index in [9.17, 15) is 9.59 Å². The van der Waals surface area contributed by atoms with Gasteiger partial charge in [0.15, 0.2) is 0 Å². The van der Waals surface area contributed by atoms with Crippen LogP contribution >= 0.6 is 11.6 Å². The summed E-state index contributed by atoms with van der Waals surface area (Å²) in [5, 5.41) is 7.89. The zero-order valence-electron chi connectivity index (χ0n) is 20.2. The molecule has 0 unspecified atom stereocenters. The van der Waals surface area contributed by atoms with Gasteiger partial charge in [0.25, 0.3) is 5.91 Å². The van der Waals surface area contributed by atoms with Crippen LogP contribution in [0.3, 0.4) is 0 Å². The maximum atomic E-state index is 12.7. The lowest BCUT2D eigenvalue weighted by atomic mass is 10.1. The molecule has 4 aromatic rings. The Morgan fingerprint density at radius 3 is 2.42 bits per heavy atom. The summed E-state index contributed by atoms with van der Waals surface area (Å²) in [7, 11) is 1.35. The lowest BCUT2D eigenvalue weighted by molar-refractivity contribution is 0.0599. The first-order chi connectivity index (χ1) is 17.3. The number of methoxy groups -OCH3 is 1. The van der Waals surface area contributed by atoms with Crippen molar-refractivity contribution in [2.45, 2.75) is 27.0 Å². The predicted octanol–water partition coefficient (Wildman–Crippen LogP) is 5.82. The number of anilines is 1. The minimum absolute atomic E-state index is 0.249. The van der Waals surface area contributed by atoms with Crippen molar-refractivity contribution in [1.82, 2.24) is 9.78 Å². The summed E-state index contributed by atoms with van der Waals surface area (Å²) in [6.07, 6.45) is 3.28. The van der Waals surface area contributed by atoms with Gasteiger partial charge in [-0.25, -0.2) is 4.79 Å². The fourth-order valence-corrected chi connectivity index (χ4v) is 3.88. The van der Waals surface area contributed by atoms with E-state index in [4.69, 9.17) is 21.1 Å². The largest absolute Gasteiger partial charge is 0.489 e. The standard InChI is InChI=1S/C28H26ClN3O4/c1-18-12-24(13-19(2)26(18)29)36-17-20-8-10-21(11-9-20)27(33)31-23-14-30-32(16-23)15-22-6-4-5-7-25(22)28(34)35-3/h4-14,16H,15,17H2,1-3H3,(H,31,33). The van der Waals surface area contributed by atoms with Crippen LogP contribution in [-0.2, 0) is 17.9 Å². The number of esters is 1. The van der Waals surface area contributed by atoms with Gasteiger partial charge in [-0.05, 0) is 66.4 Å². The topological polar surface area (TPSA) is 82.5 Å². The van der Waals surface area contributed by atoms with E-state index < -0.39 is 5.97 Å². The molecule has 36 heavy (non-hydrogen) atoms. The molecule has 0 atom stereocenters. The number of benzene rings is 3. The van der Waals surface area contributed by atoms with Gasteiger partial charge in [0.1, 0.15) is 12.4 Å². The molecule has 184 valence electrons. The second-order valence-electron chi connectivity index (χ2n) is 8.39. The Hall–Kier alpha value is -4.10. The summed E-state index contributed by atoms with van der Waals surface area (Å²) in [5.41, 5.74) is 5.19. The Morgan fingerprint density at radius 2 is 1.72 bits per heavy atom. The number of aryl methyl sites for hydroxylation is 2. The molecule has 0 fully saturated rings. The number of halogens is 1. The van der Waals surface area contributed by atoms with Crippen LogP contribution in [-0.4, -0.2) is 28.8 Å². The first kappa shape index (κ1) is 25.0. The third-order valence-electron chi connectivity index (χ3n) is 5.68. The number of hydrogen-bond acceptors (Lipinski definition) is 5. The van der Waals surface area contributed by atoms with Gasteiger partial charge < -0.3 is 14.8 Å². The number of aromatic nitrogens is 2.